The molecule has 0 bridgehead atoms. The molecule has 1 aromatic carbocycles. The summed E-state index contributed by atoms with van der Waals surface area (Å²) >= 11 is 0. The van der Waals surface area contributed by atoms with Gasteiger partial charge in [-0.15, -0.1) is 17.0 Å². The van der Waals surface area contributed by atoms with E-state index in [4.69, 9.17) is 0 Å². The topological polar surface area (TPSA) is 32.3 Å². The van der Waals surface area contributed by atoms with Crippen molar-refractivity contribution in [3.8, 4) is 5.75 Å². The second-order valence-corrected chi connectivity index (χ2v) is 4.07. The zero-order chi connectivity index (χ0) is 9.80. The van der Waals surface area contributed by atoms with Crippen molar-refractivity contribution in [1.29, 1.82) is 0 Å². The maximum atomic E-state index is 9.33. The molecule has 0 aromatic heterocycles. The normalized spacial score (nSPS) is 17.1. The van der Waals surface area contributed by atoms with E-state index >= 15 is 0 Å². The molecular weight excluding hydrogens is 254 g/mol. The van der Waals surface area contributed by atoms with Gasteiger partial charge in [0.25, 0.3) is 0 Å². The van der Waals surface area contributed by atoms with Gasteiger partial charge in [0.15, 0.2) is 0 Å². The van der Waals surface area contributed by atoms with Crippen LogP contribution in [0.25, 0.3) is 0 Å². The third kappa shape index (κ3) is 3.84. The van der Waals surface area contributed by atoms with Gasteiger partial charge in [-0.25, -0.2) is 0 Å². The summed E-state index contributed by atoms with van der Waals surface area (Å²) in [6, 6.07) is 7.63. The zero-order valence-corrected chi connectivity index (χ0v) is 10.5. The Morgan fingerprint density at radius 1 is 1.27 bits per heavy atom. The van der Waals surface area contributed by atoms with Gasteiger partial charge in [0.2, 0.25) is 0 Å². The van der Waals surface area contributed by atoms with Crippen LogP contribution >= 0.6 is 17.0 Å². The summed E-state index contributed by atoms with van der Waals surface area (Å²) in [4.78, 5) is 0. The third-order valence-corrected chi connectivity index (χ3v) is 2.89. The number of halogens is 1. The van der Waals surface area contributed by atoms with E-state index in [1.165, 1.54) is 18.4 Å². The standard InChI is InChI=1S/C12H17NO.BrH/c14-12-3-1-2-11(9-12)8-10-4-6-13-7-5-10;/h1-3,9-10,13-14H,4-8H2;1H. The minimum absolute atomic E-state index is 0. The first-order chi connectivity index (χ1) is 6.84. The molecule has 0 spiro atoms. The van der Waals surface area contributed by atoms with Gasteiger partial charge in [-0.1, -0.05) is 12.1 Å². The summed E-state index contributed by atoms with van der Waals surface area (Å²) in [5.41, 5.74) is 1.26. The van der Waals surface area contributed by atoms with Crippen molar-refractivity contribution < 1.29 is 5.11 Å². The largest absolute Gasteiger partial charge is 0.508 e. The molecule has 3 heteroatoms. The molecule has 1 fully saturated rings. The number of nitrogens with one attached hydrogen (secondary N) is 1. The minimum atomic E-state index is 0. The molecule has 84 valence electrons. The van der Waals surface area contributed by atoms with E-state index in [2.05, 4.69) is 11.4 Å². The van der Waals surface area contributed by atoms with Crippen LogP contribution in [0.15, 0.2) is 24.3 Å². The van der Waals surface area contributed by atoms with E-state index in [0.717, 1.165) is 25.4 Å². The smallest absolute Gasteiger partial charge is 0.115 e. The monoisotopic (exact) mass is 271 g/mol. The van der Waals surface area contributed by atoms with Gasteiger partial charge >= 0.3 is 0 Å². The quantitative estimate of drug-likeness (QED) is 0.867. The molecule has 15 heavy (non-hydrogen) atoms. The number of phenolic OH excluding ortho intramolecular Hbond substituents is 1. The average Bonchev–Trinajstić information content (AvgIpc) is 2.19. The summed E-state index contributed by atoms with van der Waals surface area (Å²) in [6.07, 6.45) is 3.63. The molecule has 2 nitrogen and oxygen atoms in total. The molecule has 2 N–H and O–H groups in total. The Labute approximate surface area is 101 Å². The molecule has 0 atom stereocenters. The highest BCUT2D eigenvalue weighted by molar-refractivity contribution is 8.93. The molecule has 1 aliphatic heterocycles. The van der Waals surface area contributed by atoms with Gasteiger partial charge in [0.05, 0.1) is 0 Å². The molecule has 1 aliphatic rings. The SMILES string of the molecule is Br.Oc1cccc(CC2CCNCC2)c1. The Balaban J connectivity index is 0.00000112. The molecule has 0 amide bonds. The van der Waals surface area contributed by atoms with Crippen LogP contribution in [-0.4, -0.2) is 18.2 Å². The van der Waals surface area contributed by atoms with E-state index in [1.807, 2.05) is 12.1 Å². The lowest BCUT2D eigenvalue weighted by Gasteiger charge is -2.22. The number of phenols is 1. The van der Waals surface area contributed by atoms with Crippen molar-refractivity contribution in [3.63, 3.8) is 0 Å². The van der Waals surface area contributed by atoms with Crippen molar-refractivity contribution in [2.75, 3.05) is 13.1 Å². The lowest BCUT2D eigenvalue weighted by Crippen LogP contribution is -2.28. The van der Waals surface area contributed by atoms with Gasteiger partial charge in [0.1, 0.15) is 5.75 Å². The van der Waals surface area contributed by atoms with Crippen LogP contribution in [0.4, 0.5) is 0 Å². The first-order valence-corrected chi connectivity index (χ1v) is 5.33. The van der Waals surface area contributed by atoms with Crippen molar-refractivity contribution >= 4 is 17.0 Å². The van der Waals surface area contributed by atoms with Gasteiger partial charge in [0, 0.05) is 0 Å². The van der Waals surface area contributed by atoms with Gasteiger partial charge < -0.3 is 10.4 Å². The molecule has 0 unspecified atom stereocenters. The number of hydrogen-bond donors (Lipinski definition) is 2. The second kappa shape index (κ2) is 6.13. The van der Waals surface area contributed by atoms with Crippen LogP contribution in [-0.2, 0) is 6.42 Å². The summed E-state index contributed by atoms with van der Waals surface area (Å²) in [6.45, 7) is 2.28. The first-order valence-electron chi connectivity index (χ1n) is 5.33. The van der Waals surface area contributed by atoms with E-state index < -0.39 is 0 Å². The fourth-order valence-electron chi connectivity index (χ4n) is 2.10. The van der Waals surface area contributed by atoms with E-state index in [1.54, 1.807) is 6.07 Å². The summed E-state index contributed by atoms with van der Waals surface area (Å²) in [5, 5.41) is 12.7. The Morgan fingerprint density at radius 2 is 2.00 bits per heavy atom. The molecule has 0 radical (unpaired) electrons. The number of aromatic hydroxyl groups is 1. The Morgan fingerprint density at radius 3 is 2.67 bits per heavy atom. The maximum Gasteiger partial charge on any atom is 0.115 e. The molecule has 1 saturated heterocycles. The van der Waals surface area contributed by atoms with Crippen LogP contribution in [0.2, 0.25) is 0 Å². The summed E-state index contributed by atoms with van der Waals surface area (Å²) < 4.78 is 0. The van der Waals surface area contributed by atoms with E-state index in [9.17, 15) is 5.11 Å². The number of rotatable bonds is 2. The lowest BCUT2D eigenvalue weighted by molar-refractivity contribution is 0.372. The van der Waals surface area contributed by atoms with Crippen molar-refractivity contribution in [1.82, 2.24) is 5.32 Å². The van der Waals surface area contributed by atoms with Crippen LogP contribution in [0.1, 0.15) is 18.4 Å². The first kappa shape index (κ1) is 12.5. The Bertz CT molecular complexity index is 297. The van der Waals surface area contributed by atoms with Crippen LogP contribution in [0, 0.1) is 5.92 Å². The number of piperidine rings is 1. The molecule has 2 rings (SSSR count). The molecule has 1 aromatic rings. The summed E-state index contributed by atoms with van der Waals surface area (Å²) in [7, 11) is 0. The molecule has 0 saturated carbocycles. The number of hydrogen-bond acceptors (Lipinski definition) is 2. The highest BCUT2D eigenvalue weighted by atomic mass is 79.9. The Kier molecular flexibility index (Phi) is 5.12. The lowest BCUT2D eigenvalue weighted by atomic mass is 9.91. The molecule has 1 heterocycles. The predicted octanol–water partition coefficient (Wildman–Crippen LogP) is 2.51. The fourth-order valence-corrected chi connectivity index (χ4v) is 2.10. The van der Waals surface area contributed by atoms with Crippen molar-refractivity contribution in [2.24, 2.45) is 5.92 Å². The van der Waals surface area contributed by atoms with E-state index in [-0.39, 0.29) is 17.0 Å². The molecular formula is C12H18BrNO. The third-order valence-electron chi connectivity index (χ3n) is 2.89. The van der Waals surface area contributed by atoms with Gasteiger partial charge in [-0.3, -0.25) is 0 Å². The molecule has 0 aliphatic carbocycles. The average molecular weight is 272 g/mol. The highest BCUT2D eigenvalue weighted by Crippen LogP contribution is 2.20. The minimum Gasteiger partial charge on any atom is -0.508 e. The van der Waals surface area contributed by atoms with Crippen LogP contribution in [0.5, 0.6) is 5.75 Å². The fraction of sp³-hybridized carbons (Fsp3) is 0.500. The summed E-state index contributed by atoms with van der Waals surface area (Å²) in [5.74, 6) is 1.18. The maximum absolute atomic E-state index is 9.33. The van der Waals surface area contributed by atoms with E-state index in [0.29, 0.717) is 5.75 Å². The Hall–Kier alpha value is -0.540. The van der Waals surface area contributed by atoms with Gasteiger partial charge in [-0.05, 0) is 56.0 Å². The van der Waals surface area contributed by atoms with Crippen LogP contribution < -0.4 is 5.32 Å². The number of benzene rings is 1. The highest BCUT2D eigenvalue weighted by Gasteiger charge is 2.13. The predicted molar refractivity (Wildman–Crippen MR) is 67.7 cm³/mol. The second-order valence-electron chi connectivity index (χ2n) is 4.07. The van der Waals surface area contributed by atoms with Crippen LogP contribution in [0.3, 0.4) is 0 Å². The van der Waals surface area contributed by atoms with Gasteiger partial charge in [-0.2, -0.15) is 0 Å². The zero-order valence-electron chi connectivity index (χ0n) is 8.78. The van der Waals surface area contributed by atoms with Crippen molar-refractivity contribution in [2.45, 2.75) is 19.3 Å². The van der Waals surface area contributed by atoms with Crippen molar-refractivity contribution in [3.05, 3.63) is 29.8 Å².